The van der Waals surface area contributed by atoms with Gasteiger partial charge >= 0.3 is 0 Å². The summed E-state index contributed by atoms with van der Waals surface area (Å²) in [6.07, 6.45) is 0. The summed E-state index contributed by atoms with van der Waals surface area (Å²) in [4.78, 5) is 18.2. The fourth-order valence-corrected chi connectivity index (χ4v) is 3.57. The van der Waals surface area contributed by atoms with E-state index in [9.17, 15) is 4.79 Å². The Kier molecular flexibility index (Phi) is 4.90. The normalized spacial score (nSPS) is 11.9. The largest absolute Gasteiger partial charge is 0.345 e. The molecule has 1 amide bonds. The van der Waals surface area contributed by atoms with Gasteiger partial charge in [-0.1, -0.05) is 78.9 Å². The first kappa shape index (κ1) is 17.9. The predicted octanol–water partition coefficient (Wildman–Crippen LogP) is 5.70. The molecule has 1 heterocycles. The van der Waals surface area contributed by atoms with Crippen LogP contribution in [-0.2, 0) is 0 Å². The van der Waals surface area contributed by atoms with Crippen molar-refractivity contribution in [2.45, 2.75) is 19.9 Å². The molecule has 0 spiro atoms. The lowest BCUT2D eigenvalue weighted by molar-refractivity contribution is 0.0941. The topological polar surface area (TPSA) is 42.0 Å². The molecule has 0 unspecified atom stereocenters. The molecule has 28 heavy (non-hydrogen) atoms. The molecular weight excluding hydrogens is 344 g/mol. The van der Waals surface area contributed by atoms with Gasteiger partial charge in [-0.2, -0.15) is 0 Å². The van der Waals surface area contributed by atoms with Crippen LogP contribution in [0.1, 0.15) is 34.5 Å². The van der Waals surface area contributed by atoms with Crippen molar-refractivity contribution in [3.05, 3.63) is 102 Å². The Balaban J connectivity index is 1.81. The second-order valence-electron chi connectivity index (χ2n) is 6.95. The molecule has 0 saturated heterocycles. The van der Waals surface area contributed by atoms with E-state index in [4.69, 9.17) is 4.98 Å². The highest BCUT2D eigenvalue weighted by molar-refractivity contribution is 6.09. The number of carbonyl (C=O) groups excluding carboxylic acids is 1. The number of rotatable bonds is 4. The summed E-state index contributed by atoms with van der Waals surface area (Å²) in [6, 6.07) is 27.7. The first-order valence-corrected chi connectivity index (χ1v) is 9.45. The van der Waals surface area contributed by atoms with Crippen molar-refractivity contribution >= 4 is 16.8 Å². The number of aromatic nitrogens is 1. The average molecular weight is 366 g/mol. The smallest absolute Gasteiger partial charge is 0.252 e. The van der Waals surface area contributed by atoms with Crippen molar-refractivity contribution in [2.24, 2.45) is 0 Å². The van der Waals surface area contributed by atoms with Crippen molar-refractivity contribution in [1.82, 2.24) is 10.3 Å². The van der Waals surface area contributed by atoms with Crippen LogP contribution in [0.25, 0.3) is 22.2 Å². The molecule has 1 N–H and O–H groups in total. The molecule has 1 atom stereocenters. The number of para-hydroxylation sites is 1. The molecule has 3 heteroatoms. The van der Waals surface area contributed by atoms with Crippen molar-refractivity contribution in [1.29, 1.82) is 0 Å². The van der Waals surface area contributed by atoms with Crippen molar-refractivity contribution in [3.8, 4) is 11.3 Å². The van der Waals surface area contributed by atoms with Gasteiger partial charge in [0.15, 0.2) is 0 Å². The number of nitrogens with zero attached hydrogens (tertiary/aromatic N) is 1. The van der Waals surface area contributed by atoms with Crippen LogP contribution in [0.15, 0.2) is 84.9 Å². The van der Waals surface area contributed by atoms with Crippen LogP contribution in [-0.4, -0.2) is 10.9 Å². The number of nitrogens with one attached hydrogen (secondary N) is 1. The van der Waals surface area contributed by atoms with Crippen molar-refractivity contribution in [2.75, 3.05) is 0 Å². The monoisotopic (exact) mass is 366 g/mol. The number of carbonyl (C=O) groups is 1. The Hall–Kier alpha value is -3.46. The lowest BCUT2D eigenvalue weighted by Crippen LogP contribution is -2.27. The van der Waals surface area contributed by atoms with E-state index in [1.165, 1.54) is 0 Å². The highest BCUT2D eigenvalue weighted by atomic mass is 16.1. The number of fused-ring (bicyclic) bond motifs is 1. The average Bonchev–Trinajstić information content (AvgIpc) is 2.74. The van der Waals surface area contributed by atoms with Crippen molar-refractivity contribution in [3.63, 3.8) is 0 Å². The summed E-state index contributed by atoms with van der Waals surface area (Å²) in [5.74, 6) is -0.0790. The van der Waals surface area contributed by atoms with Gasteiger partial charge in [-0.15, -0.1) is 0 Å². The Labute approximate surface area is 165 Å². The number of amides is 1. The summed E-state index contributed by atoms with van der Waals surface area (Å²) in [7, 11) is 0. The molecule has 3 aromatic carbocycles. The molecule has 0 aliphatic carbocycles. The number of hydrogen-bond acceptors (Lipinski definition) is 2. The molecule has 1 aromatic heterocycles. The standard InChI is InChI=1S/C25H22N2O/c1-17-23(25(28)26-18(2)19-11-5-3-6-12-19)21-15-9-10-16-22(21)27-24(17)20-13-7-4-8-14-20/h3-16,18H,1-2H3,(H,26,28)/t18-/m0/s1. The Morgan fingerprint density at radius 3 is 2.18 bits per heavy atom. The van der Waals surface area contributed by atoms with Gasteiger partial charge < -0.3 is 5.32 Å². The van der Waals surface area contributed by atoms with E-state index < -0.39 is 0 Å². The van der Waals surface area contributed by atoms with E-state index in [0.29, 0.717) is 5.56 Å². The summed E-state index contributed by atoms with van der Waals surface area (Å²) < 4.78 is 0. The molecule has 0 saturated carbocycles. The van der Waals surface area contributed by atoms with E-state index >= 15 is 0 Å². The van der Waals surface area contributed by atoms with Crippen LogP contribution in [0.3, 0.4) is 0 Å². The van der Waals surface area contributed by atoms with Crippen LogP contribution < -0.4 is 5.32 Å². The molecule has 0 aliphatic rings. The first-order chi connectivity index (χ1) is 13.6. The van der Waals surface area contributed by atoms with Gasteiger partial charge in [0.1, 0.15) is 0 Å². The first-order valence-electron chi connectivity index (χ1n) is 9.45. The zero-order valence-electron chi connectivity index (χ0n) is 16.0. The minimum absolute atomic E-state index is 0.0790. The molecule has 0 aliphatic heterocycles. The highest BCUT2D eigenvalue weighted by Gasteiger charge is 2.20. The summed E-state index contributed by atoms with van der Waals surface area (Å²) >= 11 is 0. The van der Waals surface area contributed by atoms with Gasteiger partial charge in [-0.05, 0) is 31.0 Å². The van der Waals surface area contributed by atoms with E-state index in [1.54, 1.807) is 0 Å². The maximum atomic E-state index is 13.3. The maximum absolute atomic E-state index is 13.3. The van der Waals surface area contributed by atoms with Crippen LogP contribution in [0.5, 0.6) is 0 Å². The molecule has 4 rings (SSSR count). The third kappa shape index (κ3) is 3.39. The highest BCUT2D eigenvalue weighted by Crippen LogP contribution is 2.30. The molecule has 3 nitrogen and oxygen atoms in total. The van der Waals surface area contributed by atoms with E-state index in [1.807, 2.05) is 98.8 Å². The predicted molar refractivity (Wildman–Crippen MR) is 114 cm³/mol. The lowest BCUT2D eigenvalue weighted by atomic mass is 9.96. The van der Waals surface area contributed by atoms with Crippen LogP contribution in [0.2, 0.25) is 0 Å². The SMILES string of the molecule is Cc1c(-c2ccccc2)nc2ccccc2c1C(=O)N[C@@H](C)c1ccccc1. The second kappa shape index (κ2) is 7.65. The fourth-order valence-electron chi connectivity index (χ4n) is 3.57. The lowest BCUT2D eigenvalue weighted by Gasteiger charge is -2.18. The molecule has 138 valence electrons. The number of benzene rings is 3. The van der Waals surface area contributed by atoms with Gasteiger partial charge in [-0.3, -0.25) is 4.79 Å². The van der Waals surface area contributed by atoms with Crippen LogP contribution in [0, 0.1) is 6.92 Å². The third-order valence-electron chi connectivity index (χ3n) is 5.06. The molecule has 4 aromatic rings. The van der Waals surface area contributed by atoms with E-state index in [2.05, 4.69) is 5.32 Å². The Morgan fingerprint density at radius 2 is 1.46 bits per heavy atom. The second-order valence-corrected chi connectivity index (χ2v) is 6.95. The van der Waals surface area contributed by atoms with Gasteiger partial charge in [0.2, 0.25) is 0 Å². The van der Waals surface area contributed by atoms with Gasteiger partial charge in [0, 0.05) is 10.9 Å². The molecule has 0 radical (unpaired) electrons. The Bertz CT molecular complexity index is 1120. The maximum Gasteiger partial charge on any atom is 0.252 e. The third-order valence-corrected chi connectivity index (χ3v) is 5.06. The quantitative estimate of drug-likeness (QED) is 0.503. The van der Waals surface area contributed by atoms with Gasteiger partial charge in [0.25, 0.3) is 5.91 Å². The summed E-state index contributed by atoms with van der Waals surface area (Å²) in [5.41, 5.74) is 5.34. The summed E-state index contributed by atoms with van der Waals surface area (Å²) in [6.45, 7) is 3.98. The number of pyridine rings is 1. The van der Waals surface area contributed by atoms with E-state index in [0.717, 1.165) is 33.3 Å². The zero-order valence-corrected chi connectivity index (χ0v) is 16.0. The van der Waals surface area contributed by atoms with Gasteiger partial charge in [-0.25, -0.2) is 4.98 Å². The molecule has 0 fully saturated rings. The van der Waals surface area contributed by atoms with E-state index in [-0.39, 0.29) is 11.9 Å². The zero-order chi connectivity index (χ0) is 19.5. The summed E-state index contributed by atoms with van der Waals surface area (Å²) in [5, 5.41) is 4.03. The minimum Gasteiger partial charge on any atom is -0.345 e. The fraction of sp³-hybridized carbons (Fsp3) is 0.120. The molecule has 0 bridgehead atoms. The van der Waals surface area contributed by atoms with Gasteiger partial charge in [0.05, 0.1) is 22.8 Å². The van der Waals surface area contributed by atoms with Crippen molar-refractivity contribution < 1.29 is 4.79 Å². The Morgan fingerprint density at radius 1 is 0.857 bits per heavy atom. The number of hydrogen-bond donors (Lipinski definition) is 1. The van der Waals surface area contributed by atoms with Crippen LogP contribution in [0.4, 0.5) is 0 Å². The molecular formula is C25H22N2O. The van der Waals surface area contributed by atoms with Crippen LogP contribution >= 0.6 is 0 Å². The minimum atomic E-state index is -0.0831.